The van der Waals surface area contributed by atoms with Crippen LogP contribution in [0.2, 0.25) is 0 Å². The summed E-state index contributed by atoms with van der Waals surface area (Å²) in [4.78, 5) is 36.9. The molecule has 0 radical (unpaired) electrons. The SMILES string of the molecule is COc1ccccc1C(=O)N[C@@H](Cc1cc(=O)[nH]c(-c2ccccn2)n1)c1ccccc1. The zero-order valence-electron chi connectivity index (χ0n) is 17.5. The second-order valence-corrected chi connectivity index (χ2v) is 7.14. The number of pyridine rings is 1. The molecule has 0 unspecified atom stereocenters. The first-order chi connectivity index (χ1) is 15.6. The molecule has 2 heterocycles. The standard InChI is InChI=1S/C25H22N4O3/c1-32-22-13-6-5-11-19(22)25(31)28-21(17-9-3-2-4-10-17)15-18-16-23(30)29-24(27-18)20-12-7-8-14-26-20/h2-14,16,21H,15H2,1H3,(H,28,31)(H,27,29,30)/t21-/m0/s1. The van der Waals surface area contributed by atoms with Crippen LogP contribution in [0.5, 0.6) is 5.75 Å². The number of rotatable bonds is 7. The molecule has 0 aliphatic rings. The highest BCUT2D eigenvalue weighted by atomic mass is 16.5. The molecule has 32 heavy (non-hydrogen) atoms. The fraction of sp³-hybridized carbons (Fsp3) is 0.120. The van der Waals surface area contributed by atoms with Crippen molar-refractivity contribution in [2.24, 2.45) is 0 Å². The Kier molecular flexibility index (Phi) is 6.36. The number of carbonyl (C=O) groups excluding carboxylic acids is 1. The van der Waals surface area contributed by atoms with E-state index in [-0.39, 0.29) is 11.5 Å². The van der Waals surface area contributed by atoms with E-state index in [1.165, 1.54) is 13.2 Å². The second-order valence-electron chi connectivity index (χ2n) is 7.14. The molecular weight excluding hydrogens is 404 g/mol. The van der Waals surface area contributed by atoms with E-state index in [0.717, 1.165) is 5.56 Å². The van der Waals surface area contributed by atoms with Gasteiger partial charge < -0.3 is 15.0 Å². The number of nitrogens with zero attached hydrogens (tertiary/aromatic N) is 2. The first-order valence-electron chi connectivity index (χ1n) is 10.1. The van der Waals surface area contributed by atoms with Crippen molar-refractivity contribution in [3.63, 3.8) is 0 Å². The minimum absolute atomic E-state index is 0.272. The molecule has 1 atom stereocenters. The molecule has 160 valence electrons. The van der Waals surface area contributed by atoms with Gasteiger partial charge in [0.25, 0.3) is 11.5 Å². The lowest BCUT2D eigenvalue weighted by atomic mass is 10.0. The molecule has 7 heteroatoms. The Morgan fingerprint density at radius 1 is 1.03 bits per heavy atom. The number of hydrogen-bond donors (Lipinski definition) is 2. The number of methoxy groups -OCH3 is 1. The van der Waals surface area contributed by atoms with Crippen LogP contribution >= 0.6 is 0 Å². The van der Waals surface area contributed by atoms with Crippen molar-refractivity contribution in [3.05, 3.63) is 112 Å². The number of benzene rings is 2. The second kappa shape index (κ2) is 9.70. The number of H-pyrrole nitrogens is 1. The van der Waals surface area contributed by atoms with Gasteiger partial charge in [0.05, 0.1) is 24.4 Å². The minimum Gasteiger partial charge on any atom is -0.496 e. The summed E-state index contributed by atoms with van der Waals surface area (Å²) in [6.07, 6.45) is 1.97. The lowest BCUT2D eigenvalue weighted by Gasteiger charge is -2.20. The molecule has 1 amide bonds. The number of para-hydroxylation sites is 1. The molecular formula is C25H22N4O3. The molecule has 0 bridgehead atoms. The van der Waals surface area contributed by atoms with Crippen LogP contribution in [0.4, 0.5) is 0 Å². The quantitative estimate of drug-likeness (QED) is 0.471. The monoisotopic (exact) mass is 426 g/mol. The van der Waals surface area contributed by atoms with E-state index in [1.807, 2.05) is 42.5 Å². The van der Waals surface area contributed by atoms with Crippen LogP contribution in [0.3, 0.4) is 0 Å². The number of nitrogens with one attached hydrogen (secondary N) is 2. The van der Waals surface area contributed by atoms with Crippen LogP contribution < -0.4 is 15.6 Å². The van der Waals surface area contributed by atoms with Crippen molar-refractivity contribution < 1.29 is 9.53 Å². The summed E-state index contributed by atoms with van der Waals surface area (Å²) in [7, 11) is 1.53. The van der Waals surface area contributed by atoms with Gasteiger partial charge >= 0.3 is 0 Å². The van der Waals surface area contributed by atoms with Crippen LogP contribution in [0, 0.1) is 0 Å². The average molecular weight is 426 g/mol. The lowest BCUT2D eigenvalue weighted by molar-refractivity contribution is 0.0933. The summed E-state index contributed by atoms with van der Waals surface area (Å²) in [6, 6.07) is 23.1. The first kappa shape index (κ1) is 21.0. The third kappa shape index (κ3) is 4.89. The van der Waals surface area contributed by atoms with E-state index < -0.39 is 6.04 Å². The molecule has 0 spiro atoms. The van der Waals surface area contributed by atoms with Gasteiger partial charge in [0.15, 0.2) is 5.82 Å². The van der Waals surface area contributed by atoms with Crippen LogP contribution in [-0.2, 0) is 6.42 Å². The van der Waals surface area contributed by atoms with Gasteiger partial charge in [0.1, 0.15) is 11.4 Å². The zero-order chi connectivity index (χ0) is 22.3. The van der Waals surface area contributed by atoms with E-state index in [1.54, 1.807) is 36.5 Å². The number of hydrogen-bond acceptors (Lipinski definition) is 5. The smallest absolute Gasteiger partial charge is 0.255 e. The fourth-order valence-corrected chi connectivity index (χ4v) is 3.45. The summed E-state index contributed by atoms with van der Waals surface area (Å²) in [5.41, 5.74) is 2.17. The van der Waals surface area contributed by atoms with E-state index in [4.69, 9.17) is 4.74 Å². The molecule has 0 fully saturated rings. The Morgan fingerprint density at radius 2 is 1.78 bits per heavy atom. The summed E-state index contributed by atoms with van der Waals surface area (Å²) < 4.78 is 5.33. The average Bonchev–Trinajstić information content (AvgIpc) is 2.84. The molecule has 7 nitrogen and oxygen atoms in total. The Labute approximate surface area is 185 Å². The maximum Gasteiger partial charge on any atom is 0.255 e. The number of carbonyl (C=O) groups is 1. The van der Waals surface area contributed by atoms with Crippen LogP contribution in [0.1, 0.15) is 27.7 Å². The topological polar surface area (TPSA) is 97.0 Å². The van der Waals surface area contributed by atoms with Gasteiger partial charge in [0, 0.05) is 18.7 Å². The predicted molar refractivity (Wildman–Crippen MR) is 121 cm³/mol. The van der Waals surface area contributed by atoms with E-state index >= 15 is 0 Å². The predicted octanol–water partition coefficient (Wildman–Crippen LogP) is 3.55. The number of ether oxygens (including phenoxy) is 1. The number of aromatic nitrogens is 3. The Bertz CT molecular complexity index is 1260. The van der Waals surface area contributed by atoms with Gasteiger partial charge in [-0.1, -0.05) is 48.5 Å². The van der Waals surface area contributed by atoms with Crippen LogP contribution in [0.25, 0.3) is 11.5 Å². The van der Waals surface area contributed by atoms with Crippen molar-refractivity contribution in [3.8, 4) is 17.3 Å². The van der Waals surface area contributed by atoms with Crippen molar-refractivity contribution in [1.82, 2.24) is 20.3 Å². The Hall–Kier alpha value is -4.26. The lowest BCUT2D eigenvalue weighted by Crippen LogP contribution is -2.31. The third-order valence-electron chi connectivity index (χ3n) is 4.97. The third-order valence-corrected chi connectivity index (χ3v) is 4.97. The van der Waals surface area contributed by atoms with Gasteiger partial charge in [0.2, 0.25) is 0 Å². The summed E-state index contributed by atoms with van der Waals surface area (Å²) >= 11 is 0. The van der Waals surface area contributed by atoms with Gasteiger partial charge in [-0.3, -0.25) is 14.6 Å². The minimum atomic E-state index is -0.403. The first-order valence-corrected chi connectivity index (χ1v) is 10.1. The maximum absolute atomic E-state index is 13.1. The van der Waals surface area contributed by atoms with Crippen molar-refractivity contribution >= 4 is 5.91 Å². The molecule has 4 rings (SSSR count). The summed E-state index contributed by atoms with van der Waals surface area (Å²) in [5, 5.41) is 3.06. The highest BCUT2D eigenvalue weighted by molar-refractivity contribution is 5.97. The highest BCUT2D eigenvalue weighted by Crippen LogP contribution is 2.22. The van der Waals surface area contributed by atoms with Crippen molar-refractivity contribution in [1.29, 1.82) is 0 Å². The molecule has 2 aromatic heterocycles. The van der Waals surface area contributed by atoms with E-state index in [9.17, 15) is 9.59 Å². The summed E-state index contributed by atoms with van der Waals surface area (Å²) in [6.45, 7) is 0. The highest BCUT2D eigenvalue weighted by Gasteiger charge is 2.20. The molecule has 2 N–H and O–H groups in total. The molecule has 0 saturated heterocycles. The number of amides is 1. The van der Waals surface area contributed by atoms with Crippen LogP contribution in [-0.4, -0.2) is 28.0 Å². The molecule has 4 aromatic rings. The summed E-state index contributed by atoms with van der Waals surface area (Å²) in [5.74, 6) is 0.602. The van der Waals surface area contributed by atoms with Gasteiger partial charge in [-0.25, -0.2) is 4.98 Å². The van der Waals surface area contributed by atoms with Crippen molar-refractivity contribution in [2.45, 2.75) is 12.5 Å². The molecule has 0 aliphatic heterocycles. The normalized spacial score (nSPS) is 11.5. The van der Waals surface area contributed by atoms with Crippen LogP contribution in [0.15, 0.2) is 89.9 Å². The van der Waals surface area contributed by atoms with E-state index in [0.29, 0.717) is 34.9 Å². The largest absolute Gasteiger partial charge is 0.496 e. The van der Waals surface area contributed by atoms with Gasteiger partial charge in [-0.05, 0) is 29.8 Å². The molecule has 2 aromatic carbocycles. The van der Waals surface area contributed by atoms with Crippen molar-refractivity contribution in [2.75, 3.05) is 7.11 Å². The fourth-order valence-electron chi connectivity index (χ4n) is 3.45. The zero-order valence-corrected chi connectivity index (χ0v) is 17.5. The maximum atomic E-state index is 13.1. The van der Waals surface area contributed by atoms with Gasteiger partial charge in [-0.2, -0.15) is 0 Å². The van der Waals surface area contributed by atoms with Gasteiger partial charge in [-0.15, -0.1) is 0 Å². The van der Waals surface area contributed by atoms with E-state index in [2.05, 4.69) is 20.3 Å². The molecule has 0 saturated carbocycles. The number of aromatic amines is 1. The molecule has 0 aliphatic carbocycles. The Balaban J connectivity index is 1.66. The Morgan fingerprint density at radius 3 is 2.53 bits per heavy atom.